The van der Waals surface area contributed by atoms with Gasteiger partial charge in [-0.15, -0.1) is 0 Å². The molecule has 2 aliphatic heterocycles. The molecule has 2 saturated heterocycles. The van der Waals surface area contributed by atoms with Crippen molar-refractivity contribution < 1.29 is 4.74 Å². The fourth-order valence-corrected chi connectivity index (χ4v) is 2.33. The van der Waals surface area contributed by atoms with E-state index in [4.69, 9.17) is 4.74 Å². The Balaban J connectivity index is 1.69. The van der Waals surface area contributed by atoms with Gasteiger partial charge in [0, 0.05) is 25.7 Å². The summed E-state index contributed by atoms with van der Waals surface area (Å²) in [6, 6.07) is 0.686. The first-order chi connectivity index (χ1) is 7.36. The van der Waals surface area contributed by atoms with Crippen LogP contribution in [0.2, 0.25) is 0 Å². The minimum atomic E-state index is 0.686. The Kier molecular flexibility index (Phi) is 4.18. The van der Waals surface area contributed by atoms with Crippen LogP contribution in [0.4, 0.5) is 0 Å². The number of likely N-dealkylation sites (N-methyl/N-ethyl adjacent to an activating group) is 1. The third-order valence-corrected chi connectivity index (χ3v) is 3.40. The lowest BCUT2D eigenvalue weighted by atomic mass is 10.2. The zero-order valence-corrected chi connectivity index (χ0v) is 9.69. The molecule has 2 fully saturated rings. The van der Waals surface area contributed by atoms with Gasteiger partial charge in [0.05, 0.1) is 13.2 Å². The lowest BCUT2D eigenvalue weighted by Gasteiger charge is -2.25. The number of hydrogen-bond donors (Lipinski definition) is 0. The number of ether oxygens (including phenoxy) is 1. The van der Waals surface area contributed by atoms with E-state index in [0.29, 0.717) is 6.04 Å². The molecule has 0 radical (unpaired) electrons. The third-order valence-electron chi connectivity index (χ3n) is 3.40. The molecule has 3 nitrogen and oxygen atoms in total. The number of nitrogens with zero attached hydrogens (tertiary/aromatic N) is 2. The lowest BCUT2D eigenvalue weighted by molar-refractivity contribution is 0.0434. The summed E-state index contributed by atoms with van der Waals surface area (Å²) in [4.78, 5) is 4.89. The van der Waals surface area contributed by atoms with Gasteiger partial charge in [0.1, 0.15) is 0 Å². The van der Waals surface area contributed by atoms with Gasteiger partial charge in [-0.25, -0.2) is 0 Å². The van der Waals surface area contributed by atoms with Crippen LogP contribution in [0.1, 0.15) is 12.8 Å². The predicted molar refractivity (Wildman–Crippen MR) is 62.1 cm³/mol. The summed E-state index contributed by atoms with van der Waals surface area (Å²) < 4.78 is 5.32. The van der Waals surface area contributed by atoms with Crippen molar-refractivity contribution in [2.24, 2.45) is 0 Å². The van der Waals surface area contributed by atoms with Crippen LogP contribution in [0.5, 0.6) is 0 Å². The second kappa shape index (κ2) is 5.64. The topological polar surface area (TPSA) is 15.7 Å². The summed E-state index contributed by atoms with van der Waals surface area (Å²) in [5.74, 6) is 0. The summed E-state index contributed by atoms with van der Waals surface area (Å²) in [6.45, 7) is 6.32. The average molecular weight is 210 g/mol. The summed E-state index contributed by atoms with van der Waals surface area (Å²) in [6.07, 6.45) is 7.39. The van der Waals surface area contributed by atoms with Crippen molar-refractivity contribution in [1.29, 1.82) is 0 Å². The van der Waals surface area contributed by atoms with E-state index in [-0.39, 0.29) is 0 Å². The van der Waals surface area contributed by atoms with Crippen LogP contribution in [0, 0.1) is 0 Å². The first-order valence-corrected chi connectivity index (χ1v) is 6.03. The standard InChI is InChI=1S/C12H22N2O/c1-13-6-2-4-12(13)5-3-7-14-8-10-15-11-9-14/h3,5,12H,2,4,6-11H2,1H3/b5-3+/t12-/m1/s1. The van der Waals surface area contributed by atoms with Crippen LogP contribution in [0.25, 0.3) is 0 Å². The largest absolute Gasteiger partial charge is 0.379 e. The van der Waals surface area contributed by atoms with Crippen LogP contribution in [-0.4, -0.2) is 62.3 Å². The highest BCUT2D eigenvalue weighted by atomic mass is 16.5. The van der Waals surface area contributed by atoms with Crippen LogP contribution >= 0.6 is 0 Å². The molecule has 0 aromatic rings. The Morgan fingerprint density at radius 1 is 1.27 bits per heavy atom. The predicted octanol–water partition coefficient (Wildman–Crippen LogP) is 0.969. The van der Waals surface area contributed by atoms with E-state index in [1.165, 1.54) is 19.4 Å². The maximum absolute atomic E-state index is 5.32. The van der Waals surface area contributed by atoms with Crippen molar-refractivity contribution in [3.63, 3.8) is 0 Å². The normalized spacial score (nSPS) is 30.3. The molecular formula is C12H22N2O. The average Bonchev–Trinajstić information content (AvgIpc) is 2.66. The van der Waals surface area contributed by atoms with Gasteiger partial charge in [0.15, 0.2) is 0 Å². The summed E-state index contributed by atoms with van der Waals surface area (Å²) in [7, 11) is 2.22. The molecule has 1 atom stereocenters. The van der Waals surface area contributed by atoms with Crippen molar-refractivity contribution in [2.45, 2.75) is 18.9 Å². The zero-order chi connectivity index (χ0) is 10.5. The maximum atomic E-state index is 5.32. The fourth-order valence-electron chi connectivity index (χ4n) is 2.33. The molecule has 15 heavy (non-hydrogen) atoms. The highest BCUT2D eigenvalue weighted by Gasteiger charge is 2.17. The van der Waals surface area contributed by atoms with Crippen molar-refractivity contribution in [2.75, 3.05) is 46.4 Å². The Hall–Kier alpha value is -0.380. The maximum Gasteiger partial charge on any atom is 0.0594 e. The van der Waals surface area contributed by atoms with E-state index in [9.17, 15) is 0 Å². The summed E-state index contributed by atoms with van der Waals surface area (Å²) in [5, 5.41) is 0. The molecule has 0 amide bonds. The van der Waals surface area contributed by atoms with Crippen molar-refractivity contribution in [3.8, 4) is 0 Å². The van der Waals surface area contributed by atoms with Gasteiger partial charge in [-0.2, -0.15) is 0 Å². The molecule has 2 rings (SSSR count). The van der Waals surface area contributed by atoms with E-state index in [0.717, 1.165) is 32.8 Å². The fraction of sp³-hybridized carbons (Fsp3) is 0.833. The SMILES string of the molecule is CN1CCC[C@@H]1/C=C/CN1CCOCC1. The van der Waals surface area contributed by atoms with Crippen LogP contribution in [-0.2, 0) is 4.74 Å². The lowest BCUT2D eigenvalue weighted by Crippen LogP contribution is -2.36. The number of morpholine rings is 1. The van der Waals surface area contributed by atoms with E-state index in [1.54, 1.807) is 0 Å². The van der Waals surface area contributed by atoms with Crippen molar-refractivity contribution >= 4 is 0 Å². The van der Waals surface area contributed by atoms with Crippen LogP contribution in [0.15, 0.2) is 12.2 Å². The first-order valence-electron chi connectivity index (χ1n) is 6.03. The molecule has 0 aromatic carbocycles. The Morgan fingerprint density at radius 3 is 2.73 bits per heavy atom. The van der Waals surface area contributed by atoms with Crippen LogP contribution < -0.4 is 0 Å². The monoisotopic (exact) mass is 210 g/mol. The van der Waals surface area contributed by atoms with Gasteiger partial charge in [-0.3, -0.25) is 9.80 Å². The first kappa shape index (κ1) is 11.1. The summed E-state index contributed by atoms with van der Waals surface area (Å²) >= 11 is 0. The van der Waals surface area contributed by atoms with Gasteiger partial charge in [-0.05, 0) is 26.4 Å². The second-order valence-corrected chi connectivity index (χ2v) is 4.53. The number of likely N-dealkylation sites (tertiary alicyclic amines) is 1. The molecule has 0 N–H and O–H groups in total. The Bertz CT molecular complexity index is 212. The Labute approximate surface area is 92.7 Å². The molecule has 0 spiro atoms. The molecule has 3 heteroatoms. The Morgan fingerprint density at radius 2 is 2.07 bits per heavy atom. The quantitative estimate of drug-likeness (QED) is 0.646. The summed E-state index contributed by atoms with van der Waals surface area (Å²) in [5.41, 5.74) is 0. The van der Waals surface area contributed by atoms with Crippen molar-refractivity contribution in [3.05, 3.63) is 12.2 Å². The third kappa shape index (κ3) is 3.30. The molecule has 0 aliphatic carbocycles. The van der Waals surface area contributed by atoms with Gasteiger partial charge < -0.3 is 4.74 Å². The van der Waals surface area contributed by atoms with E-state index >= 15 is 0 Å². The molecule has 0 saturated carbocycles. The van der Waals surface area contributed by atoms with Crippen LogP contribution in [0.3, 0.4) is 0 Å². The highest BCUT2D eigenvalue weighted by molar-refractivity contribution is 4.98. The molecule has 0 unspecified atom stereocenters. The minimum Gasteiger partial charge on any atom is -0.379 e. The molecule has 86 valence electrons. The second-order valence-electron chi connectivity index (χ2n) is 4.53. The van der Waals surface area contributed by atoms with Gasteiger partial charge in [-0.1, -0.05) is 12.2 Å². The van der Waals surface area contributed by atoms with E-state index in [1.807, 2.05) is 0 Å². The molecule has 0 bridgehead atoms. The molecule has 2 aliphatic rings. The zero-order valence-electron chi connectivity index (χ0n) is 9.69. The minimum absolute atomic E-state index is 0.686. The molecule has 2 heterocycles. The van der Waals surface area contributed by atoms with Gasteiger partial charge >= 0.3 is 0 Å². The molecule has 0 aromatic heterocycles. The smallest absolute Gasteiger partial charge is 0.0594 e. The number of rotatable bonds is 3. The molecular weight excluding hydrogens is 188 g/mol. The van der Waals surface area contributed by atoms with E-state index in [2.05, 4.69) is 29.0 Å². The van der Waals surface area contributed by atoms with Gasteiger partial charge in [0.25, 0.3) is 0 Å². The van der Waals surface area contributed by atoms with Crippen molar-refractivity contribution in [1.82, 2.24) is 9.80 Å². The van der Waals surface area contributed by atoms with Gasteiger partial charge in [0.2, 0.25) is 0 Å². The highest BCUT2D eigenvalue weighted by Crippen LogP contribution is 2.15. The number of hydrogen-bond acceptors (Lipinski definition) is 3. The van der Waals surface area contributed by atoms with E-state index < -0.39 is 0 Å².